The third-order valence-corrected chi connectivity index (χ3v) is 4.31. The standard InChI is InChI=1S/C12H17ClN2OS/c1-9-2-3-12(16)15(5-4-9)7-11-14-10(6-13)8-17-11/h8-9H,2-7H2,1H3. The van der Waals surface area contributed by atoms with Gasteiger partial charge in [0.25, 0.3) is 0 Å². The first kappa shape index (κ1) is 12.8. The number of likely N-dealkylation sites (tertiary alicyclic amines) is 1. The molecule has 0 aliphatic carbocycles. The molecule has 0 N–H and O–H groups in total. The molecule has 5 heteroatoms. The van der Waals surface area contributed by atoms with Gasteiger partial charge in [0.15, 0.2) is 0 Å². The molecule has 2 heterocycles. The summed E-state index contributed by atoms with van der Waals surface area (Å²) in [5.41, 5.74) is 0.905. The van der Waals surface area contributed by atoms with Gasteiger partial charge in [-0.05, 0) is 18.8 Å². The highest BCUT2D eigenvalue weighted by Gasteiger charge is 2.21. The summed E-state index contributed by atoms with van der Waals surface area (Å²) in [6.45, 7) is 3.72. The molecule has 1 aliphatic rings. The van der Waals surface area contributed by atoms with Gasteiger partial charge in [0.2, 0.25) is 5.91 Å². The fourth-order valence-corrected chi connectivity index (χ4v) is 3.02. The highest BCUT2D eigenvalue weighted by molar-refractivity contribution is 7.09. The molecule has 2 rings (SSSR count). The van der Waals surface area contributed by atoms with E-state index in [-0.39, 0.29) is 5.91 Å². The molecule has 1 fully saturated rings. The monoisotopic (exact) mass is 272 g/mol. The minimum atomic E-state index is 0.261. The SMILES string of the molecule is CC1CCC(=O)N(Cc2nc(CCl)cs2)CC1. The first-order chi connectivity index (χ1) is 8.19. The van der Waals surface area contributed by atoms with Gasteiger partial charge in [-0.25, -0.2) is 4.98 Å². The summed E-state index contributed by atoms with van der Waals surface area (Å²) in [6.07, 6.45) is 2.79. The van der Waals surface area contributed by atoms with Crippen LogP contribution < -0.4 is 0 Å². The van der Waals surface area contributed by atoms with Crippen molar-refractivity contribution in [3.05, 3.63) is 16.1 Å². The largest absolute Gasteiger partial charge is 0.336 e. The summed E-state index contributed by atoms with van der Waals surface area (Å²) in [5, 5.41) is 2.95. The number of alkyl halides is 1. The van der Waals surface area contributed by atoms with Crippen molar-refractivity contribution in [1.82, 2.24) is 9.88 Å². The molecule has 1 saturated heterocycles. The Bertz CT molecular complexity index is 394. The lowest BCUT2D eigenvalue weighted by molar-refractivity contribution is -0.131. The Balaban J connectivity index is 1.99. The smallest absolute Gasteiger partial charge is 0.222 e. The van der Waals surface area contributed by atoms with E-state index in [0.717, 1.165) is 30.1 Å². The first-order valence-corrected chi connectivity index (χ1v) is 7.37. The van der Waals surface area contributed by atoms with Gasteiger partial charge < -0.3 is 4.90 Å². The Hall–Kier alpha value is -0.610. The van der Waals surface area contributed by atoms with E-state index in [0.29, 0.717) is 24.8 Å². The van der Waals surface area contributed by atoms with Crippen LogP contribution in [0.15, 0.2) is 5.38 Å². The van der Waals surface area contributed by atoms with Crippen LogP contribution >= 0.6 is 22.9 Å². The van der Waals surface area contributed by atoms with Gasteiger partial charge in [-0.1, -0.05) is 6.92 Å². The Morgan fingerprint density at radius 3 is 3.12 bits per heavy atom. The zero-order chi connectivity index (χ0) is 12.3. The van der Waals surface area contributed by atoms with Gasteiger partial charge in [0, 0.05) is 18.3 Å². The number of nitrogens with zero attached hydrogens (tertiary/aromatic N) is 2. The highest BCUT2D eigenvalue weighted by Crippen LogP contribution is 2.20. The molecule has 94 valence electrons. The third kappa shape index (κ3) is 3.42. The van der Waals surface area contributed by atoms with Gasteiger partial charge in [-0.15, -0.1) is 22.9 Å². The van der Waals surface area contributed by atoms with E-state index in [2.05, 4.69) is 11.9 Å². The van der Waals surface area contributed by atoms with Crippen LogP contribution in [-0.2, 0) is 17.2 Å². The highest BCUT2D eigenvalue weighted by atomic mass is 35.5. The number of amides is 1. The van der Waals surface area contributed by atoms with Crippen molar-refractivity contribution in [3.63, 3.8) is 0 Å². The normalized spacial score (nSPS) is 21.6. The van der Waals surface area contributed by atoms with E-state index in [9.17, 15) is 4.79 Å². The second kappa shape index (κ2) is 5.83. The maximum absolute atomic E-state index is 11.9. The summed E-state index contributed by atoms with van der Waals surface area (Å²) in [6, 6.07) is 0. The lowest BCUT2D eigenvalue weighted by Gasteiger charge is -2.19. The summed E-state index contributed by atoms with van der Waals surface area (Å²) >= 11 is 7.31. The predicted octanol–water partition coefficient (Wildman–Crippen LogP) is 3.03. The number of carbonyl (C=O) groups excluding carboxylic acids is 1. The topological polar surface area (TPSA) is 33.2 Å². The van der Waals surface area contributed by atoms with Crippen LogP contribution in [0.25, 0.3) is 0 Å². The molecule has 17 heavy (non-hydrogen) atoms. The summed E-state index contributed by atoms with van der Waals surface area (Å²) in [7, 11) is 0. The van der Waals surface area contributed by atoms with Crippen molar-refractivity contribution >= 4 is 28.8 Å². The molecule has 0 aromatic carbocycles. The number of hydrogen-bond acceptors (Lipinski definition) is 3. The average molecular weight is 273 g/mol. The van der Waals surface area contributed by atoms with Gasteiger partial charge in [0.05, 0.1) is 18.1 Å². The molecule has 0 bridgehead atoms. The van der Waals surface area contributed by atoms with Crippen molar-refractivity contribution in [2.45, 2.75) is 38.6 Å². The number of carbonyl (C=O) groups is 1. The number of rotatable bonds is 3. The average Bonchev–Trinajstić information content (AvgIpc) is 2.72. The third-order valence-electron chi connectivity index (χ3n) is 3.16. The van der Waals surface area contributed by atoms with E-state index in [1.54, 1.807) is 11.3 Å². The number of thiazole rings is 1. The van der Waals surface area contributed by atoms with Gasteiger partial charge in [-0.2, -0.15) is 0 Å². The first-order valence-electron chi connectivity index (χ1n) is 5.96. The van der Waals surface area contributed by atoms with Crippen LogP contribution in [0.4, 0.5) is 0 Å². The molecule has 1 unspecified atom stereocenters. The van der Waals surface area contributed by atoms with E-state index >= 15 is 0 Å². The molecule has 0 spiro atoms. The molecular weight excluding hydrogens is 256 g/mol. The molecule has 0 saturated carbocycles. The Morgan fingerprint density at radius 1 is 1.59 bits per heavy atom. The van der Waals surface area contributed by atoms with Crippen molar-refractivity contribution < 1.29 is 4.79 Å². The second-order valence-corrected chi connectivity index (χ2v) is 5.82. The maximum Gasteiger partial charge on any atom is 0.222 e. The minimum absolute atomic E-state index is 0.261. The quantitative estimate of drug-likeness (QED) is 0.793. The van der Waals surface area contributed by atoms with Gasteiger partial charge in [0.1, 0.15) is 5.01 Å². The molecule has 3 nitrogen and oxygen atoms in total. The van der Waals surface area contributed by atoms with E-state index in [1.165, 1.54) is 0 Å². The van der Waals surface area contributed by atoms with Crippen molar-refractivity contribution in [3.8, 4) is 0 Å². The van der Waals surface area contributed by atoms with Crippen LogP contribution in [0.2, 0.25) is 0 Å². The van der Waals surface area contributed by atoms with Gasteiger partial charge >= 0.3 is 0 Å². The van der Waals surface area contributed by atoms with Gasteiger partial charge in [-0.3, -0.25) is 4.79 Å². The van der Waals surface area contributed by atoms with Crippen LogP contribution in [0.1, 0.15) is 36.9 Å². The van der Waals surface area contributed by atoms with Crippen LogP contribution in [0, 0.1) is 5.92 Å². The van der Waals surface area contributed by atoms with Crippen molar-refractivity contribution in [2.75, 3.05) is 6.54 Å². The molecular formula is C12H17ClN2OS. The minimum Gasteiger partial charge on any atom is -0.336 e. The zero-order valence-electron chi connectivity index (χ0n) is 9.99. The van der Waals surface area contributed by atoms with E-state index < -0.39 is 0 Å². The van der Waals surface area contributed by atoms with Crippen LogP contribution in [0.3, 0.4) is 0 Å². The lowest BCUT2D eigenvalue weighted by Crippen LogP contribution is -2.29. The molecule has 1 amide bonds. The fraction of sp³-hybridized carbons (Fsp3) is 0.667. The maximum atomic E-state index is 11.9. The van der Waals surface area contributed by atoms with Crippen LogP contribution in [0.5, 0.6) is 0 Å². The summed E-state index contributed by atoms with van der Waals surface area (Å²) in [5.74, 6) is 1.36. The number of halogens is 1. The molecule has 1 aromatic heterocycles. The lowest BCUT2D eigenvalue weighted by atomic mass is 10.0. The molecule has 1 aromatic rings. The van der Waals surface area contributed by atoms with Crippen LogP contribution in [-0.4, -0.2) is 22.3 Å². The molecule has 0 radical (unpaired) electrons. The molecule has 1 aliphatic heterocycles. The van der Waals surface area contributed by atoms with Crippen molar-refractivity contribution in [2.24, 2.45) is 5.92 Å². The summed E-state index contributed by atoms with van der Waals surface area (Å²) < 4.78 is 0. The summed E-state index contributed by atoms with van der Waals surface area (Å²) in [4.78, 5) is 18.2. The van der Waals surface area contributed by atoms with Crippen molar-refractivity contribution in [1.29, 1.82) is 0 Å². The van der Waals surface area contributed by atoms with E-state index in [4.69, 9.17) is 11.6 Å². The Labute approximate surface area is 111 Å². The number of hydrogen-bond donors (Lipinski definition) is 0. The fourth-order valence-electron chi connectivity index (χ4n) is 1.99. The Kier molecular flexibility index (Phi) is 4.40. The predicted molar refractivity (Wildman–Crippen MR) is 70.1 cm³/mol. The molecule has 1 atom stereocenters. The van der Waals surface area contributed by atoms with E-state index in [1.807, 2.05) is 10.3 Å². The number of aromatic nitrogens is 1. The zero-order valence-corrected chi connectivity index (χ0v) is 11.6. The second-order valence-electron chi connectivity index (χ2n) is 4.61. The Morgan fingerprint density at radius 2 is 2.41 bits per heavy atom.